The van der Waals surface area contributed by atoms with E-state index in [1.807, 2.05) is 39.0 Å². The Morgan fingerprint density at radius 1 is 1.06 bits per heavy atom. The lowest BCUT2D eigenvalue weighted by Gasteiger charge is -2.19. The lowest BCUT2D eigenvalue weighted by molar-refractivity contribution is -0.154. The van der Waals surface area contributed by atoms with E-state index in [9.17, 15) is 9.18 Å². The number of para-hydroxylation sites is 1. The zero-order valence-electron chi connectivity index (χ0n) is 19.8. The van der Waals surface area contributed by atoms with Gasteiger partial charge in [0.05, 0.1) is 0 Å². The van der Waals surface area contributed by atoms with Gasteiger partial charge in [-0.25, -0.2) is 4.39 Å². The molecule has 0 radical (unpaired) electrons. The normalized spacial score (nSPS) is 12.2. The van der Waals surface area contributed by atoms with E-state index in [0.717, 1.165) is 41.5 Å². The first-order chi connectivity index (χ1) is 15.2. The van der Waals surface area contributed by atoms with Crippen LogP contribution < -0.4 is 0 Å². The number of nitrogens with zero attached hydrogens (tertiary/aromatic N) is 1. The number of carbonyl (C=O) groups excluding carboxylic acids is 1. The molecule has 1 aromatic heterocycles. The van der Waals surface area contributed by atoms with Crippen molar-refractivity contribution in [3.8, 4) is 11.1 Å². The predicted molar refractivity (Wildman–Crippen MR) is 131 cm³/mol. The summed E-state index contributed by atoms with van der Waals surface area (Å²) in [6.07, 6.45) is 7.39. The summed E-state index contributed by atoms with van der Waals surface area (Å²) in [6, 6.07) is 15.4. The number of ether oxygens (including phenoxy) is 1. The summed E-state index contributed by atoms with van der Waals surface area (Å²) in [5.41, 5.74) is 4.00. The fraction of sp³-hybridized carbons (Fsp3) is 0.393. The number of rotatable bonds is 8. The molecule has 0 N–H and O–H groups in total. The first kappa shape index (κ1) is 23.8. The van der Waals surface area contributed by atoms with Crippen molar-refractivity contribution in [2.75, 3.05) is 0 Å². The van der Waals surface area contributed by atoms with E-state index in [1.165, 1.54) is 17.6 Å². The van der Waals surface area contributed by atoms with Crippen molar-refractivity contribution in [3.63, 3.8) is 0 Å². The molecule has 0 bridgehead atoms. The molecule has 1 heterocycles. The highest BCUT2D eigenvalue weighted by Crippen LogP contribution is 2.38. The third-order valence-corrected chi connectivity index (χ3v) is 5.30. The zero-order chi connectivity index (χ0) is 23.3. The van der Waals surface area contributed by atoms with Gasteiger partial charge in [-0.3, -0.25) is 4.79 Å². The quantitative estimate of drug-likeness (QED) is 0.266. The molecule has 0 amide bonds. The standard InChI is InChI=1S/C28H34FNO2/c1-20(2)30-24-13-11-10-12-23(24)27(21-16-18-22(29)19-17-21)25(30)14-8-6-7-9-15-26(31)32-28(3,4)5/h8,10-14,16-20H,6-7,9,15H2,1-5H3/b14-8+. The molecule has 4 heteroatoms. The van der Waals surface area contributed by atoms with Crippen LogP contribution in [-0.4, -0.2) is 16.1 Å². The molecule has 0 atom stereocenters. The van der Waals surface area contributed by atoms with Crippen molar-refractivity contribution >= 4 is 22.9 Å². The fourth-order valence-corrected chi connectivity index (χ4v) is 4.04. The minimum absolute atomic E-state index is 0.139. The third-order valence-electron chi connectivity index (χ3n) is 5.30. The Labute approximate surface area is 190 Å². The smallest absolute Gasteiger partial charge is 0.306 e. The third kappa shape index (κ3) is 5.87. The molecule has 0 spiro atoms. The number of esters is 1. The number of benzene rings is 2. The van der Waals surface area contributed by atoms with Crippen LogP contribution in [-0.2, 0) is 9.53 Å². The minimum atomic E-state index is -0.433. The van der Waals surface area contributed by atoms with Crippen LogP contribution >= 0.6 is 0 Å². The first-order valence-corrected chi connectivity index (χ1v) is 11.4. The van der Waals surface area contributed by atoms with Crippen molar-refractivity contribution < 1.29 is 13.9 Å². The molecular formula is C28H34FNO2. The topological polar surface area (TPSA) is 31.2 Å². The van der Waals surface area contributed by atoms with E-state index in [2.05, 4.69) is 48.8 Å². The maximum absolute atomic E-state index is 13.6. The molecule has 32 heavy (non-hydrogen) atoms. The van der Waals surface area contributed by atoms with Crippen molar-refractivity contribution in [1.82, 2.24) is 4.57 Å². The van der Waals surface area contributed by atoms with Crippen LogP contribution in [0.25, 0.3) is 28.1 Å². The van der Waals surface area contributed by atoms with Gasteiger partial charge in [-0.2, -0.15) is 0 Å². The number of allylic oxidation sites excluding steroid dienone is 1. The van der Waals surface area contributed by atoms with Gasteiger partial charge in [0.15, 0.2) is 0 Å². The first-order valence-electron chi connectivity index (χ1n) is 11.4. The van der Waals surface area contributed by atoms with Gasteiger partial charge < -0.3 is 9.30 Å². The molecule has 0 saturated carbocycles. The molecule has 0 aliphatic carbocycles. The molecule has 3 rings (SSSR count). The zero-order valence-corrected chi connectivity index (χ0v) is 19.8. The molecule has 3 nitrogen and oxygen atoms in total. The summed E-state index contributed by atoms with van der Waals surface area (Å²) in [5, 5.41) is 1.16. The Bertz CT molecular complexity index is 1090. The molecular weight excluding hydrogens is 401 g/mol. The number of hydrogen-bond acceptors (Lipinski definition) is 2. The van der Waals surface area contributed by atoms with E-state index in [0.29, 0.717) is 6.42 Å². The summed E-state index contributed by atoms with van der Waals surface area (Å²) in [5.74, 6) is -0.372. The Morgan fingerprint density at radius 2 is 1.75 bits per heavy atom. The van der Waals surface area contributed by atoms with E-state index in [4.69, 9.17) is 4.74 Å². The van der Waals surface area contributed by atoms with Crippen LogP contribution in [0.2, 0.25) is 0 Å². The van der Waals surface area contributed by atoms with Crippen molar-refractivity contribution in [1.29, 1.82) is 0 Å². The van der Waals surface area contributed by atoms with Gasteiger partial charge in [-0.15, -0.1) is 0 Å². The summed E-state index contributed by atoms with van der Waals surface area (Å²) in [4.78, 5) is 11.9. The Morgan fingerprint density at radius 3 is 2.41 bits per heavy atom. The number of halogens is 1. The average Bonchev–Trinajstić information content (AvgIpc) is 3.04. The number of fused-ring (bicyclic) bond motifs is 1. The maximum atomic E-state index is 13.6. The van der Waals surface area contributed by atoms with Gasteiger partial charge in [-0.05, 0) is 83.7 Å². The Hall–Kier alpha value is -2.88. The van der Waals surface area contributed by atoms with Crippen LogP contribution in [0.15, 0.2) is 54.6 Å². The van der Waals surface area contributed by atoms with E-state index >= 15 is 0 Å². The summed E-state index contributed by atoms with van der Waals surface area (Å²) < 4.78 is 21.3. The molecule has 170 valence electrons. The average molecular weight is 436 g/mol. The van der Waals surface area contributed by atoms with Crippen LogP contribution in [0.4, 0.5) is 4.39 Å². The van der Waals surface area contributed by atoms with Crippen LogP contribution in [0, 0.1) is 5.82 Å². The summed E-state index contributed by atoms with van der Waals surface area (Å²) in [6.45, 7) is 10.0. The summed E-state index contributed by atoms with van der Waals surface area (Å²) >= 11 is 0. The highest BCUT2D eigenvalue weighted by atomic mass is 19.1. The molecule has 2 aromatic carbocycles. The number of carbonyl (C=O) groups is 1. The van der Waals surface area contributed by atoms with Gasteiger partial charge in [-0.1, -0.05) is 36.4 Å². The van der Waals surface area contributed by atoms with Gasteiger partial charge in [0.2, 0.25) is 0 Å². The SMILES string of the molecule is CC(C)n1c(/C=C/CCCCC(=O)OC(C)(C)C)c(-c2ccc(F)cc2)c2ccccc21. The fourth-order valence-electron chi connectivity index (χ4n) is 4.04. The second-order valence-corrected chi connectivity index (χ2v) is 9.48. The highest BCUT2D eigenvalue weighted by molar-refractivity contribution is 6.01. The van der Waals surface area contributed by atoms with Gasteiger partial charge >= 0.3 is 5.97 Å². The van der Waals surface area contributed by atoms with Crippen LogP contribution in [0.1, 0.15) is 72.0 Å². The second-order valence-electron chi connectivity index (χ2n) is 9.48. The minimum Gasteiger partial charge on any atom is -0.460 e. The number of hydrogen-bond donors (Lipinski definition) is 0. The molecule has 0 fully saturated rings. The molecule has 0 saturated heterocycles. The number of aromatic nitrogens is 1. The van der Waals surface area contributed by atoms with E-state index < -0.39 is 5.60 Å². The van der Waals surface area contributed by atoms with E-state index in [1.54, 1.807) is 0 Å². The van der Waals surface area contributed by atoms with Crippen LogP contribution in [0.3, 0.4) is 0 Å². The maximum Gasteiger partial charge on any atom is 0.306 e. The van der Waals surface area contributed by atoms with Crippen LogP contribution in [0.5, 0.6) is 0 Å². The van der Waals surface area contributed by atoms with Crippen molar-refractivity contribution in [2.24, 2.45) is 0 Å². The van der Waals surface area contributed by atoms with Crippen molar-refractivity contribution in [2.45, 2.75) is 71.9 Å². The molecule has 3 aromatic rings. The molecule has 0 aliphatic heterocycles. The molecule has 0 unspecified atom stereocenters. The molecule has 0 aliphatic rings. The highest BCUT2D eigenvalue weighted by Gasteiger charge is 2.18. The van der Waals surface area contributed by atoms with E-state index in [-0.39, 0.29) is 17.8 Å². The monoisotopic (exact) mass is 435 g/mol. The van der Waals surface area contributed by atoms with Crippen molar-refractivity contribution in [3.05, 3.63) is 66.1 Å². The Kier molecular flexibility index (Phi) is 7.55. The summed E-state index contributed by atoms with van der Waals surface area (Å²) in [7, 11) is 0. The lowest BCUT2D eigenvalue weighted by atomic mass is 10.0. The second kappa shape index (κ2) is 10.2. The number of unbranched alkanes of at least 4 members (excludes halogenated alkanes) is 2. The predicted octanol–water partition coefficient (Wildman–Crippen LogP) is 7.94. The van der Waals surface area contributed by atoms with Gasteiger partial charge in [0.25, 0.3) is 0 Å². The Balaban J connectivity index is 1.82. The largest absolute Gasteiger partial charge is 0.460 e. The van der Waals surface area contributed by atoms with Gasteiger partial charge in [0.1, 0.15) is 11.4 Å². The lowest BCUT2D eigenvalue weighted by Crippen LogP contribution is -2.23. The van der Waals surface area contributed by atoms with Gasteiger partial charge in [0, 0.05) is 34.6 Å².